The number of anilines is 2. The van der Waals surface area contributed by atoms with Gasteiger partial charge in [-0.2, -0.15) is 0 Å². The van der Waals surface area contributed by atoms with E-state index in [0.29, 0.717) is 21.5 Å². The number of benzene rings is 2. The summed E-state index contributed by atoms with van der Waals surface area (Å²) in [5, 5.41) is 3.78. The second-order valence-corrected chi connectivity index (χ2v) is 7.18. The highest BCUT2D eigenvalue weighted by Gasteiger charge is 2.22. The average Bonchev–Trinajstić information content (AvgIpc) is 3.17. The van der Waals surface area contributed by atoms with Gasteiger partial charge < -0.3 is 10.2 Å². The molecule has 1 N–H and O–H groups in total. The summed E-state index contributed by atoms with van der Waals surface area (Å²) < 4.78 is 13.8. The Balaban J connectivity index is 1.75. The number of para-hydroxylation sites is 1. The highest BCUT2D eigenvalue weighted by Crippen LogP contribution is 2.29. The van der Waals surface area contributed by atoms with Crippen LogP contribution in [0.2, 0.25) is 0 Å². The van der Waals surface area contributed by atoms with Gasteiger partial charge in [0, 0.05) is 22.9 Å². The number of carbonyl (C=O) groups excluding carboxylic acids is 1. The van der Waals surface area contributed by atoms with Gasteiger partial charge >= 0.3 is 0 Å². The van der Waals surface area contributed by atoms with Gasteiger partial charge in [-0.05, 0) is 59.1 Å². The number of aromatic nitrogens is 1. The molecule has 3 aromatic rings. The molecule has 132 valence electrons. The summed E-state index contributed by atoms with van der Waals surface area (Å²) in [6, 6.07) is 13.8. The molecule has 4 nitrogen and oxygen atoms in total. The van der Waals surface area contributed by atoms with Gasteiger partial charge in [-0.1, -0.05) is 18.2 Å². The second-order valence-electron chi connectivity index (χ2n) is 6.32. The lowest BCUT2D eigenvalue weighted by Gasteiger charge is -2.20. The second kappa shape index (κ2) is 7.03. The number of carbonyl (C=O) groups is 1. The van der Waals surface area contributed by atoms with Crippen molar-refractivity contribution in [2.24, 2.45) is 0 Å². The molecule has 1 fully saturated rings. The molecule has 1 saturated heterocycles. The maximum atomic E-state index is 13.3. The van der Waals surface area contributed by atoms with Crippen molar-refractivity contribution in [2.45, 2.75) is 12.8 Å². The number of halogens is 2. The summed E-state index contributed by atoms with van der Waals surface area (Å²) in [6.45, 7) is 1.79. The van der Waals surface area contributed by atoms with Crippen LogP contribution in [0.3, 0.4) is 0 Å². The zero-order valence-corrected chi connectivity index (χ0v) is 15.6. The Morgan fingerprint density at radius 2 is 1.88 bits per heavy atom. The fourth-order valence-electron chi connectivity index (χ4n) is 3.22. The van der Waals surface area contributed by atoms with E-state index in [1.165, 1.54) is 12.1 Å². The van der Waals surface area contributed by atoms with Gasteiger partial charge in [0.1, 0.15) is 11.6 Å². The molecule has 26 heavy (non-hydrogen) atoms. The van der Waals surface area contributed by atoms with Gasteiger partial charge in [0.25, 0.3) is 5.91 Å². The predicted molar refractivity (Wildman–Crippen MR) is 105 cm³/mol. The Hall–Kier alpha value is -2.47. The summed E-state index contributed by atoms with van der Waals surface area (Å²) in [5.41, 5.74) is 1.92. The van der Waals surface area contributed by atoms with E-state index in [1.807, 2.05) is 30.3 Å². The Labute approximate surface area is 159 Å². The average molecular weight is 414 g/mol. The molecule has 2 aromatic carbocycles. The molecule has 2 heterocycles. The van der Waals surface area contributed by atoms with Crippen LogP contribution in [0.5, 0.6) is 0 Å². The molecule has 0 spiro atoms. The molecule has 0 aliphatic carbocycles. The first-order chi connectivity index (χ1) is 12.6. The molecule has 0 atom stereocenters. The number of rotatable bonds is 3. The molecule has 0 unspecified atom stereocenters. The third-order valence-electron chi connectivity index (χ3n) is 4.53. The van der Waals surface area contributed by atoms with Gasteiger partial charge in [0.2, 0.25) is 0 Å². The van der Waals surface area contributed by atoms with E-state index in [4.69, 9.17) is 4.98 Å². The van der Waals surface area contributed by atoms with E-state index < -0.39 is 0 Å². The quantitative estimate of drug-likeness (QED) is 0.657. The van der Waals surface area contributed by atoms with Crippen molar-refractivity contribution in [1.29, 1.82) is 0 Å². The Bertz CT molecular complexity index is 986. The standard InChI is InChI=1S/C20H17BrFN3O/c21-16-12-14(22)7-8-18(16)24-20(26)15-11-13-5-1-2-6-17(13)23-19(15)25-9-3-4-10-25/h1-2,5-8,11-12H,3-4,9-10H2,(H,24,26). The van der Waals surface area contributed by atoms with Crippen LogP contribution in [-0.4, -0.2) is 24.0 Å². The fraction of sp³-hybridized carbons (Fsp3) is 0.200. The molecule has 1 aliphatic rings. The van der Waals surface area contributed by atoms with Crippen molar-refractivity contribution in [1.82, 2.24) is 4.98 Å². The van der Waals surface area contributed by atoms with Gasteiger partial charge in [-0.25, -0.2) is 9.37 Å². The molecular weight excluding hydrogens is 397 g/mol. The minimum Gasteiger partial charge on any atom is -0.356 e. The van der Waals surface area contributed by atoms with Crippen LogP contribution in [0.4, 0.5) is 15.9 Å². The Morgan fingerprint density at radius 3 is 2.65 bits per heavy atom. The first kappa shape index (κ1) is 17.0. The number of amides is 1. The SMILES string of the molecule is O=C(Nc1ccc(F)cc1Br)c1cc2ccccc2nc1N1CCCC1. The highest BCUT2D eigenvalue weighted by atomic mass is 79.9. The van der Waals surface area contributed by atoms with Gasteiger partial charge in [-0.15, -0.1) is 0 Å². The molecule has 1 aliphatic heterocycles. The third kappa shape index (κ3) is 3.29. The van der Waals surface area contributed by atoms with Crippen LogP contribution in [0, 0.1) is 5.82 Å². The van der Waals surface area contributed by atoms with Crippen molar-refractivity contribution in [3.05, 3.63) is 64.4 Å². The molecular formula is C20H17BrFN3O. The Morgan fingerprint density at radius 1 is 1.12 bits per heavy atom. The first-order valence-corrected chi connectivity index (χ1v) is 9.32. The van der Waals surface area contributed by atoms with E-state index in [9.17, 15) is 9.18 Å². The predicted octanol–water partition coefficient (Wildman–Crippen LogP) is 4.99. The van der Waals surface area contributed by atoms with Crippen LogP contribution in [0.25, 0.3) is 10.9 Å². The van der Waals surface area contributed by atoms with Crippen molar-refractivity contribution in [3.63, 3.8) is 0 Å². The number of nitrogens with one attached hydrogen (secondary N) is 1. The number of fused-ring (bicyclic) bond motifs is 1. The van der Waals surface area contributed by atoms with E-state index in [2.05, 4.69) is 26.1 Å². The van der Waals surface area contributed by atoms with Crippen LogP contribution in [-0.2, 0) is 0 Å². The monoisotopic (exact) mass is 413 g/mol. The summed E-state index contributed by atoms with van der Waals surface area (Å²) in [4.78, 5) is 19.9. The molecule has 0 bridgehead atoms. The van der Waals surface area contributed by atoms with Crippen LogP contribution in [0.15, 0.2) is 53.0 Å². The van der Waals surface area contributed by atoms with Crippen molar-refractivity contribution in [3.8, 4) is 0 Å². The molecule has 0 saturated carbocycles. The van der Waals surface area contributed by atoms with E-state index in [-0.39, 0.29) is 11.7 Å². The summed E-state index contributed by atoms with van der Waals surface area (Å²) >= 11 is 3.29. The highest BCUT2D eigenvalue weighted by molar-refractivity contribution is 9.10. The summed E-state index contributed by atoms with van der Waals surface area (Å²) in [6.07, 6.45) is 2.19. The topological polar surface area (TPSA) is 45.2 Å². The van der Waals surface area contributed by atoms with Gasteiger partial charge in [-0.3, -0.25) is 4.79 Å². The van der Waals surface area contributed by atoms with Crippen LogP contribution in [0.1, 0.15) is 23.2 Å². The summed E-state index contributed by atoms with van der Waals surface area (Å²) in [7, 11) is 0. The van der Waals surface area contributed by atoms with Gasteiger partial charge in [0.05, 0.1) is 16.8 Å². The molecule has 1 amide bonds. The third-order valence-corrected chi connectivity index (χ3v) is 5.19. The minimum absolute atomic E-state index is 0.252. The molecule has 6 heteroatoms. The lowest BCUT2D eigenvalue weighted by molar-refractivity contribution is 0.102. The summed E-state index contributed by atoms with van der Waals surface area (Å²) in [5.74, 6) is 0.0920. The zero-order valence-electron chi connectivity index (χ0n) is 14.0. The first-order valence-electron chi connectivity index (χ1n) is 8.53. The smallest absolute Gasteiger partial charge is 0.259 e. The van der Waals surface area contributed by atoms with Crippen molar-refractivity contribution < 1.29 is 9.18 Å². The molecule has 0 radical (unpaired) electrons. The normalized spacial score (nSPS) is 14.0. The van der Waals surface area contributed by atoms with E-state index in [1.54, 1.807) is 6.07 Å². The molecule has 4 rings (SSSR count). The largest absolute Gasteiger partial charge is 0.356 e. The number of hydrogen-bond donors (Lipinski definition) is 1. The van der Waals surface area contributed by atoms with Crippen LogP contribution >= 0.6 is 15.9 Å². The minimum atomic E-state index is -0.361. The van der Waals surface area contributed by atoms with Crippen molar-refractivity contribution >= 4 is 44.2 Å². The number of hydrogen-bond acceptors (Lipinski definition) is 3. The number of pyridine rings is 1. The van der Waals surface area contributed by atoms with Crippen molar-refractivity contribution in [2.75, 3.05) is 23.3 Å². The number of nitrogens with zero attached hydrogens (tertiary/aromatic N) is 2. The molecule has 1 aromatic heterocycles. The van der Waals surface area contributed by atoms with E-state index >= 15 is 0 Å². The van der Waals surface area contributed by atoms with Crippen LogP contribution < -0.4 is 10.2 Å². The van der Waals surface area contributed by atoms with Gasteiger partial charge in [0.15, 0.2) is 0 Å². The zero-order chi connectivity index (χ0) is 18.1. The maximum Gasteiger partial charge on any atom is 0.259 e. The fourth-order valence-corrected chi connectivity index (χ4v) is 3.67. The maximum absolute atomic E-state index is 13.3. The lowest BCUT2D eigenvalue weighted by atomic mass is 10.1. The van der Waals surface area contributed by atoms with E-state index in [0.717, 1.165) is 36.8 Å². The Kier molecular flexibility index (Phi) is 4.59. The lowest BCUT2D eigenvalue weighted by Crippen LogP contribution is -2.24.